The van der Waals surface area contributed by atoms with Crippen LogP contribution in [0.2, 0.25) is 5.04 Å². The van der Waals surface area contributed by atoms with E-state index in [1.54, 1.807) is 0 Å². The summed E-state index contributed by atoms with van der Waals surface area (Å²) in [6.07, 6.45) is 0. The molecule has 0 heterocycles. The normalized spacial score (nSPS) is 13.1. The molecule has 0 aromatic heterocycles. The fourth-order valence-electron chi connectivity index (χ4n) is 3.95. The maximum atomic E-state index is 13.7. The zero-order valence-electron chi connectivity index (χ0n) is 18.9. The molecule has 3 aromatic carbocycles. The van der Waals surface area contributed by atoms with E-state index in [9.17, 15) is 21.9 Å². The molecular weight excluding hydrogens is 476 g/mol. The monoisotopic (exact) mass is 504 g/mol. The molecule has 3 N–H and O–H groups in total. The number of benzene rings is 3. The van der Waals surface area contributed by atoms with Gasteiger partial charge in [0.05, 0.1) is 4.90 Å². The maximum Gasteiger partial charge on any atom is 0.240 e. The Hall–Kier alpha value is -2.50. The van der Waals surface area contributed by atoms with E-state index in [0.29, 0.717) is 0 Å². The van der Waals surface area contributed by atoms with Gasteiger partial charge < -0.3 is 5.11 Å². The third kappa shape index (κ3) is 4.75. The zero-order chi connectivity index (χ0) is 24.5. The molecular formula is C23H28N2O5S2Si. The van der Waals surface area contributed by atoms with Crippen molar-refractivity contribution in [2.45, 2.75) is 35.6 Å². The van der Waals surface area contributed by atoms with Gasteiger partial charge in [0.15, 0.2) is 0 Å². The zero-order valence-corrected chi connectivity index (χ0v) is 21.5. The number of sulfonamides is 2. The molecule has 0 bridgehead atoms. The van der Waals surface area contributed by atoms with Crippen molar-refractivity contribution < 1.29 is 21.9 Å². The van der Waals surface area contributed by atoms with Gasteiger partial charge in [-0.3, -0.25) is 0 Å². The molecule has 0 amide bonds. The highest BCUT2D eigenvalue weighted by molar-refractivity contribution is 7.91. The summed E-state index contributed by atoms with van der Waals surface area (Å²) >= 11 is 0. The van der Waals surface area contributed by atoms with Crippen LogP contribution in [0.3, 0.4) is 0 Å². The molecule has 7 nitrogen and oxygen atoms in total. The Bertz CT molecular complexity index is 1300. The summed E-state index contributed by atoms with van der Waals surface area (Å²) in [5.74, 6) is -0.642. The largest absolute Gasteiger partial charge is 0.506 e. The molecule has 33 heavy (non-hydrogen) atoms. The number of rotatable bonds is 7. The fraction of sp³-hybridized carbons (Fsp3) is 0.217. The molecule has 0 unspecified atom stereocenters. The quantitative estimate of drug-likeness (QED) is 0.427. The number of hydrogen-bond acceptors (Lipinski definition) is 5. The second-order valence-electron chi connectivity index (χ2n) is 8.67. The molecule has 0 aliphatic carbocycles. The van der Waals surface area contributed by atoms with Crippen molar-refractivity contribution in [1.29, 1.82) is 0 Å². The highest BCUT2D eigenvalue weighted by Crippen LogP contribution is 2.36. The van der Waals surface area contributed by atoms with Crippen LogP contribution in [0.1, 0.15) is 20.8 Å². The summed E-state index contributed by atoms with van der Waals surface area (Å²) in [6.45, 7) is 5.97. The van der Waals surface area contributed by atoms with Gasteiger partial charge in [-0.05, 0) is 34.6 Å². The van der Waals surface area contributed by atoms with Crippen LogP contribution in [0.25, 0.3) is 0 Å². The third-order valence-electron chi connectivity index (χ3n) is 5.63. The summed E-state index contributed by atoms with van der Waals surface area (Å²) in [5.41, 5.74) is 0. The topological polar surface area (TPSA) is 113 Å². The van der Waals surface area contributed by atoms with E-state index in [2.05, 4.69) is 9.11 Å². The van der Waals surface area contributed by atoms with Crippen molar-refractivity contribution in [2.24, 2.45) is 0 Å². The summed E-state index contributed by atoms with van der Waals surface area (Å²) < 4.78 is 56.7. The number of nitrogens with one attached hydrogen (secondary N) is 2. The number of phenols is 1. The summed E-state index contributed by atoms with van der Waals surface area (Å²) in [4.78, 5) is -0.613. The van der Waals surface area contributed by atoms with Crippen LogP contribution in [-0.2, 0) is 20.0 Å². The SMILES string of the molecule is CNS(=O)(=O)c1ccc(S(=O)(=O)N[Si](c2ccccc2)(c2ccccc2)C(C)(C)C)c(O)c1. The Morgan fingerprint density at radius 2 is 1.24 bits per heavy atom. The molecule has 0 aliphatic rings. The maximum absolute atomic E-state index is 13.7. The minimum Gasteiger partial charge on any atom is -0.506 e. The van der Waals surface area contributed by atoms with Gasteiger partial charge in [0.25, 0.3) is 0 Å². The first-order chi connectivity index (χ1) is 15.3. The molecule has 0 radical (unpaired) electrons. The van der Waals surface area contributed by atoms with Crippen LogP contribution >= 0.6 is 0 Å². The number of phenolic OH excluding ortho intramolecular Hbond substituents is 1. The minimum absolute atomic E-state index is 0.230. The van der Waals surface area contributed by atoms with Gasteiger partial charge >= 0.3 is 0 Å². The first-order valence-corrected chi connectivity index (χ1v) is 15.2. The molecule has 0 saturated heterocycles. The fourth-order valence-corrected chi connectivity index (χ4v) is 12.9. The van der Waals surface area contributed by atoms with Gasteiger partial charge in [-0.25, -0.2) is 25.9 Å². The Morgan fingerprint density at radius 3 is 1.64 bits per heavy atom. The van der Waals surface area contributed by atoms with Gasteiger partial charge in [-0.1, -0.05) is 81.4 Å². The van der Waals surface area contributed by atoms with Gasteiger partial charge in [0.1, 0.15) is 10.6 Å². The summed E-state index contributed by atoms with van der Waals surface area (Å²) in [5, 5.41) is 11.7. The van der Waals surface area contributed by atoms with Gasteiger partial charge in [-0.15, -0.1) is 0 Å². The number of hydrogen-bond donors (Lipinski definition) is 3. The van der Waals surface area contributed by atoms with Crippen molar-refractivity contribution in [3.8, 4) is 5.75 Å². The van der Waals surface area contributed by atoms with E-state index in [0.717, 1.165) is 28.6 Å². The lowest BCUT2D eigenvalue weighted by atomic mass is 10.2. The lowest BCUT2D eigenvalue weighted by Crippen LogP contribution is -2.74. The van der Waals surface area contributed by atoms with Crippen molar-refractivity contribution in [2.75, 3.05) is 7.05 Å². The van der Waals surface area contributed by atoms with E-state index in [4.69, 9.17) is 0 Å². The predicted octanol–water partition coefficient (Wildman–Crippen LogP) is 2.14. The molecule has 10 heteroatoms. The first-order valence-electron chi connectivity index (χ1n) is 10.3. The summed E-state index contributed by atoms with van der Waals surface area (Å²) in [7, 11) is -10.1. The van der Waals surface area contributed by atoms with Crippen molar-refractivity contribution in [1.82, 2.24) is 9.11 Å². The van der Waals surface area contributed by atoms with Gasteiger partial charge in [0, 0.05) is 6.07 Å². The molecule has 3 aromatic rings. The van der Waals surface area contributed by atoms with E-state index in [1.807, 2.05) is 81.4 Å². The van der Waals surface area contributed by atoms with E-state index in [1.165, 1.54) is 7.05 Å². The van der Waals surface area contributed by atoms with Crippen LogP contribution in [0.15, 0.2) is 88.7 Å². The van der Waals surface area contributed by atoms with Crippen LogP contribution in [0.4, 0.5) is 0 Å². The third-order valence-corrected chi connectivity index (χ3v) is 14.9. The van der Waals surface area contributed by atoms with Crippen molar-refractivity contribution in [3.63, 3.8) is 0 Å². The molecule has 0 aliphatic heterocycles. The lowest BCUT2D eigenvalue weighted by molar-refractivity contribution is 0.456. The Morgan fingerprint density at radius 1 is 0.758 bits per heavy atom. The van der Waals surface area contributed by atoms with Gasteiger partial charge in [0.2, 0.25) is 28.3 Å². The standard InChI is InChI=1S/C23H28N2O5S2Si/c1-23(2,3)33(19-11-7-5-8-12-19,20-13-9-6-10-14-20)25-32(29,30)22-16-15-18(17-21(22)26)31(27,28)24-4/h5-17,24-26H,1-4H3. The predicted molar refractivity (Wildman–Crippen MR) is 132 cm³/mol. The second kappa shape index (κ2) is 9.03. The highest BCUT2D eigenvalue weighted by Gasteiger charge is 2.51. The molecule has 0 saturated carbocycles. The number of aromatic hydroxyl groups is 1. The van der Waals surface area contributed by atoms with Crippen molar-refractivity contribution >= 4 is 38.7 Å². The minimum atomic E-state index is -4.25. The van der Waals surface area contributed by atoms with E-state index >= 15 is 0 Å². The van der Waals surface area contributed by atoms with Crippen LogP contribution in [0.5, 0.6) is 5.75 Å². The molecule has 0 atom stereocenters. The summed E-state index contributed by atoms with van der Waals surface area (Å²) in [6, 6.07) is 22.1. The van der Waals surface area contributed by atoms with E-state index < -0.39 is 39.1 Å². The van der Waals surface area contributed by atoms with Crippen molar-refractivity contribution in [3.05, 3.63) is 78.9 Å². The average Bonchev–Trinajstić information content (AvgIpc) is 2.77. The molecule has 3 rings (SSSR count). The lowest BCUT2D eigenvalue weighted by Gasteiger charge is -2.43. The average molecular weight is 505 g/mol. The molecule has 0 spiro atoms. The Balaban J connectivity index is 2.24. The second-order valence-corrected chi connectivity index (χ2v) is 17.0. The smallest absolute Gasteiger partial charge is 0.240 e. The molecule has 0 fully saturated rings. The van der Waals surface area contributed by atoms with Crippen LogP contribution < -0.4 is 19.5 Å². The van der Waals surface area contributed by atoms with Crippen LogP contribution in [0, 0.1) is 0 Å². The first kappa shape index (κ1) is 25.1. The van der Waals surface area contributed by atoms with Gasteiger partial charge in [-0.2, -0.15) is 0 Å². The Labute approximate surface area is 196 Å². The highest BCUT2D eigenvalue weighted by atomic mass is 32.2. The van der Waals surface area contributed by atoms with Crippen LogP contribution in [-0.4, -0.2) is 37.2 Å². The van der Waals surface area contributed by atoms with E-state index in [-0.39, 0.29) is 9.79 Å². The Kier molecular flexibility index (Phi) is 6.88. The molecule has 176 valence electrons.